The number of carbonyl (C=O) groups is 1. The molecule has 2 aromatic rings. The van der Waals surface area contributed by atoms with E-state index in [-0.39, 0.29) is 23.1 Å². The number of aryl methyl sites for hydroxylation is 2. The number of hydrogen-bond acceptors (Lipinski definition) is 4. The summed E-state index contributed by atoms with van der Waals surface area (Å²) in [7, 11) is -1.80. The first-order chi connectivity index (χ1) is 10.8. The second kappa shape index (κ2) is 6.76. The van der Waals surface area contributed by atoms with Crippen LogP contribution in [0, 0.1) is 19.7 Å². The molecule has 0 bridgehead atoms. The number of rotatable bonds is 4. The molecule has 0 spiro atoms. The molecular formula is C15H16BFN2O4. The molecule has 2 rings (SSSR count). The first-order valence-electron chi connectivity index (χ1n) is 6.92. The highest BCUT2D eigenvalue weighted by atomic mass is 19.1. The van der Waals surface area contributed by atoms with Gasteiger partial charge >= 0.3 is 7.12 Å². The smallest absolute Gasteiger partial charge is 0.423 e. The Balaban J connectivity index is 2.21. The van der Waals surface area contributed by atoms with Crippen LogP contribution in [-0.2, 0) is 6.54 Å². The van der Waals surface area contributed by atoms with Gasteiger partial charge in [-0.05, 0) is 43.1 Å². The van der Waals surface area contributed by atoms with Gasteiger partial charge in [-0.15, -0.1) is 0 Å². The first-order valence-corrected chi connectivity index (χ1v) is 6.92. The summed E-state index contributed by atoms with van der Waals surface area (Å²) in [4.78, 5) is 26.6. The van der Waals surface area contributed by atoms with Gasteiger partial charge in [-0.25, -0.2) is 4.39 Å². The van der Waals surface area contributed by atoms with Crippen molar-refractivity contribution in [2.75, 3.05) is 0 Å². The molecule has 23 heavy (non-hydrogen) atoms. The highest BCUT2D eigenvalue weighted by Crippen LogP contribution is 2.07. The van der Waals surface area contributed by atoms with E-state index in [9.17, 15) is 14.0 Å². The second-order valence-electron chi connectivity index (χ2n) is 5.24. The van der Waals surface area contributed by atoms with Crippen LogP contribution in [-0.4, -0.2) is 28.1 Å². The van der Waals surface area contributed by atoms with E-state index in [0.29, 0.717) is 16.8 Å². The molecule has 0 aliphatic carbocycles. The van der Waals surface area contributed by atoms with E-state index in [2.05, 4.69) is 10.3 Å². The van der Waals surface area contributed by atoms with Crippen molar-refractivity contribution >= 4 is 18.5 Å². The fourth-order valence-corrected chi connectivity index (χ4v) is 2.24. The number of H-pyrrole nitrogens is 1. The Morgan fingerprint density at radius 1 is 1.30 bits per heavy atom. The fourth-order valence-electron chi connectivity index (χ4n) is 2.24. The number of nitrogens with one attached hydrogen (secondary N) is 2. The Morgan fingerprint density at radius 2 is 2.00 bits per heavy atom. The van der Waals surface area contributed by atoms with Gasteiger partial charge in [0.05, 0.1) is 5.56 Å². The number of carbonyl (C=O) groups excluding carboxylic acids is 1. The number of amides is 1. The minimum absolute atomic E-state index is 0.000846. The van der Waals surface area contributed by atoms with Crippen molar-refractivity contribution < 1.29 is 19.2 Å². The van der Waals surface area contributed by atoms with Crippen molar-refractivity contribution in [1.82, 2.24) is 10.3 Å². The van der Waals surface area contributed by atoms with Gasteiger partial charge in [0.2, 0.25) is 0 Å². The lowest BCUT2D eigenvalue weighted by molar-refractivity contribution is 0.0947. The topological polar surface area (TPSA) is 102 Å². The Labute approximate surface area is 132 Å². The zero-order chi connectivity index (χ0) is 17.1. The van der Waals surface area contributed by atoms with Gasteiger partial charge < -0.3 is 20.3 Å². The van der Waals surface area contributed by atoms with Crippen LogP contribution in [0.2, 0.25) is 0 Å². The van der Waals surface area contributed by atoms with Gasteiger partial charge in [0.1, 0.15) is 5.82 Å². The summed E-state index contributed by atoms with van der Waals surface area (Å²) in [6.07, 6.45) is 0. The normalized spacial score (nSPS) is 10.5. The van der Waals surface area contributed by atoms with E-state index in [1.54, 1.807) is 19.9 Å². The molecule has 4 N–H and O–H groups in total. The number of aromatic nitrogens is 1. The molecule has 0 unspecified atom stereocenters. The lowest BCUT2D eigenvalue weighted by Crippen LogP contribution is -2.33. The molecule has 0 aliphatic rings. The van der Waals surface area contributed by atoms with E-state index in [0.717, 1.165) is 12.1 Å². The molecule has 8 heteroatoms. The van der Waals surface area contributed by atoms with Crippen molar-refractivity contribution in [2.24, 2.45) is 0 Å². The van der Waals surface area contributed by atoms with Gasteiger partial charge in [0.15, 0.2) is 0 Å². The third kappa shape index (κ3) is 3.85. The molecule has 1 aromatic heterocycles. The molecule has 1 aromatic carbocycles. The van der Waals surface area contributed by atoms with Crippen LogP contribution in [0.1, 0.15) is 27.2 Å². The summed E-state index contributed by atoms with van der Waals surface area (Å²) in [5.74, 6) is -1.54. The lowest BCUT2D eigenvalue weighted by atomic mass is 9.79. The molecule has 0 saturated heterocycles. The summed E-state index contributed by atoms with van der Waals surface area (Å²) in [6, 6.07) is 4.98. The molecule has 6 nitrogen and oxygen atoms in total. The highest BCUT2D eigenvalue weighted by molar-refractivity contribution is 6.58. The number of halogens is 1. The van der Waals surface area contributed by atoms with Gasteiger partial charge in [-0.2, -0.15) is 0 Å². The van der Waals surface area contributed by atoms with Crippen LogP contribution in [0.15, 0.2) is 29.1 Å². The van der Waals surface area contributed by atoms with E-state index in [4.69, 9.17) is 10.0 Å². The van der Waals surface area contributed by atoms with E-state index in [1.807, 2.05) is 0 Å². The summed E-state index contributed by atoms with van der Waals surface area (Å²) in [6.45, 7) is 3.43. The van der Waals surface area contributed by atoms with Crippen molar-refractivity contribution in [3.63, 3.8) is 0 Å². The van der Waals surface area contributed by atoms with E-state index >= 15 is 0 Å². The molecule has 1 heterocycles. The van der Waals surface area contributed by atoms with Crippen LogP contribution in [0.25, 0.3) is 0 Å². The van der Waals surface area contributed by atoms with Crippen LogP contribution in [0.4, 0.5) is 4.39 Å². The zero-order valence-electron chi connectivity index (χ0n) is 12.7. The third-order valence-corrected chi connectivity index (χ3v) is 3.45. The summed E-state index contributed by atoms with van der Waals surface area (Å²) >= 11 is 0. The standard InChI is InChI=1S/C15H16BFN2O4/c1-8-5-9(2)19-15(21)12(8)7-18-14(20)11-6-10(16(22)23)3-4-13(11)17/h3-6,22-23H,7H2,1-2H3,(H,18,20)(H,19,21). The summed E-state index contributed by atoms with van der Waals surface area (Å²) < 4.78 is 13.7. The van der Waals surface area contributed by atoms with Crippen LogP contribution in [0.5, 0.6) is 0 Å². The average molecular weight is 318 g/mol. The maximum absolute atomic E-state index is 13.7. The maximum atomic E-state index is 13.7. The first kappa shape index (κ1) is 16.9. The predicted octanol–water partition coefficient (Wildman–Crippen LogP) is -0.259. The molecule has 0 aliphatic heterocycles. The van der Waals surface area contributed by atoms with E-state index < -0.39 is 18.8 Å². The Hall–Kier alpha value is -2.45. The van der Waals surface area contributed by atoms with Crippen molar-refractivity contribution in [3.8, 4) is 0 Å². The predicted molar refractivity (Wildman–Crippen MR) is 83.9 cm³/mol. The zero-order valence-corrected chi connectivity index (χ0v) is 12.7. The van der Waals surface area contributed by atoms with Crippen molar-refractivity contribution in [3.05, 3.63) is 62.8 Å². The largest absolute Gasteiger partial charge is 0.488 e. The summed E-state index contributed by atoms with van der Waals surface area (Å²) in [5.41, 5.74) is 1.16. The van der Waals surface area contributed by atoms with Crippen LogP contribution in [0.3, 0.4) is 0 Å². The molecule has 0 radical (unpaired) electrons. The summed E-state index contributed by atoms with van der Waals surface area (Å²) in [5, 5.41) is 20.6. The number of aromatic amines is 1. The average Bonchev–Trinajstić information content (AvgIpc) is 2.46. The molecule has 1 amide bonds. The molecule has 0 atom stereocenters. The second-order valence-corrected chi connectivity index (χ2v) is 5.24. The highest BCUT2D eigenvalue weighted by Gasteiger charge is 2.18. The van der Waals surface area contributed by atoms with E-state index in [1.165, 1.54) is 6.07 Å². The van der Waals surface area contributed by atoms with Crippen molar-refractivity contribution in [2.45, 2.75) is 20.4 Å². The number of pyridine rings is 1. The minimum Gasteiger partial charge on any atom is -0.423 e. The molecule has 0 saturated carbocycles. The van der Waals surface area contributed by atoms with Crippen molar-refractivity contribution in [1.29, 1.82) is 0 Å². The Bertz CT molecular complexity index is 805. The quantitative estimate of drug-likeness (QED) is 0.583. The molecule has 120 valence electrons. The van der Waals surface area contributed by atoms with Gasteiger partial charge in [0, 0.05) is 17.8 Å². The monoisotopic (exact) mass is 318 g/mol. The molecule has 0 fully saturated rings. The number of benzene rings is 1. The maximum Gasteiger partial charge on any atom is 0.488 e. The SMILES string of the molecule is Cc1cc(C)c(CNC(=O)c2cc(B(O)O)ccc2F)c(=O)[nH]1. The Kier molecular flexibility index (Phi) is 4.97. The Morgan fingerprint density at radius 3 is 2.61 bits per heavy atom. The molecular weight excluding hydrogens is 302 g/mol. The van der Waals surface area contributed by atoms with Crippen LogP contribution >= 0.6 is 0 Å². The number of hydrogen-bond donors (Lipinski definition) is 4. The fraction of sp³-hybridized carbons (Fsp3) is 0.200. The lowest BCUT2D eigenvalue weighted by Gasteiger charge is -2.10. The third-order valence-electron chi connectivity index (χ3n) is 3.45. The van der Waals surface area contributed by atoms with Gasteiger partial charge in [-0.3, -0.25) is 9.59 Å². The minimum atomic E-state index is -1.80. The van der Waals surface area contributed by atoms with Gasteiger partial charge in [0.25, 0.3) is 11.5 Å². The van der Waals surface area contributed by atoms with Crippen LogP contribution < -0.4 is 16.3 Å². The van der Waals surface area contributed by atoms with Gasteiger partial charge in [-0.1, -0.05) is 6.07 Å².